The van der Waals surface area contributed by atoms with E-state index in [2.05, 4.69) is 4.98 Å². The molecule has 2 aromatic heterocycles. The highest BCUT2D eigenvalue weighted by Crippen LogP contribution is 2.28. The molecule has 0 fully saturated rings. The van der Waals surface area contributed by atoms with E-state index in [-0.39, 0.29) is 0 Å². The fourth-order valence-electron chi connectivity index (χ4n) is 2.17. The predicted octanol–water partition coefficient (Wildman–Crippen LogP) is 3.22. The Kier molecular flexibility index (Phi) is 2.61. The minimum atomic E-state index is -0.758. The molecule has 2 heterocycles. The highest BCUT2D eigenvalue weighted by molar-refractivity contribution is 5.83. The second-order valence-corrected chi connectivity index (χ2v) is 4.29. The molecule has 0 aliphatic carbocycles. The summed E-state index contributed by atoms with van der Waals surface area (Å²) < 4.78 is 5.27. The smallest absolute Gasteiger partial charge is 0.137 e. The van der Waals surface area contributed by atoms with E-state index in [1.165, 1.54) is 0 Å². The third kappa shape index (κ3) is 1.79. The second-order valence-electron chi connectivity index (χ2n) is 4.29. The normalized spacial score (nSPS) is 12.8. The van der Waals surface area contributed by atoms with Crippen LogP contribution in [-0.4, -0.2) is 10.1 Å². The van der Waals surface area contributed by atoms with Crippen LogP contribution in [0.15, 0.2) is 53.1 Å². The van der Waals surface area contributed by atoms with E-state index >= 15 is 0 Å². The zero-order valence-electron chi connectivity index (χ0n) is 10.00. The van der Waals surface area contributed by atoms with Gasteiger partial charge in [-0.2, -0.15) is 0 Å². The van der Waals surface area contributed by atoms with Crippen molar-refractivity contribution in [2.45, 2.75) is 13.0 Å². The topological polar surface area (TPSA) is 46.3 Å². The van der Waals surface area contributed by atoms with Crippen molar-refractivity contribution in [3.8, 4) is 0 Å². The van der Waals surface area contributed by atoms with Crippen LogP contribution in [0.3, 0.4) is 0 Å². The van der Waals surface area contributed by atoms with Crippen LogP contribution in [0.5, 0.6) is 0 Å². The summed E-state index contributed by atoms with van der Waals surface area (Å²) in [7, 11) is 0. The molecule has 0 radical (unpaired) electrons. The summed E-state index contributed by atoms with van der Waals surface area (Å²) in [5.41, 5.74) is 2.60. The average molecular weight is 239 g/mol. The Morgan fingerprint density at radius 3 is 2.78 bits per heavy atom. The number of aliphatic hydroxyl groups is 1. The fraction of sp³-hybridized carbons (Fsp3) is 0.133. The first-order valence-corrected chi connectivity index (χ1v) is 5.83. The van der Waals surface area contributed by atoms with E-state index in [4.69, 9.17) is 4.42 Å². The van der Waals surface area contributed by atoms with Crippen molar-refractivity contribution in [3.63, 3.8) is 0 Å². The molecule has 0 saturated carbocycles. The molecule has 1 atom stereocenters. The first-order chi connectivity index (χ1) is 8.75. The lowest BCUT2D eigenvalue weighted by atomic mass is 10.0. The summed E-state index contributed by atoms with van der Waals surface area (Å²) in [4.78, 5) is 4.46. The maximum Gasteiger partial charge on any atom is 0.137 e. The number of rotatable bonds is 2. The van der Waals surface area contributed by atoms with E-state index in [1.54, 1.807) is 18.4 Å². The van der Waals surface area contributed by atoms with Gasteiger partial charge in [0.05, 0.1) is 11.8 Å². The maximum absolute atomic E-state index is 10.4. The molecule has 0 amide bonds. The molecule has 0 spiro atoms. The van der Waals surface area contributed by atoms with Gasteiger partial charge in [-0.1, -0.05) is 18.2 Å². The largest absolute Gasteiger partial charge is 0.466 e. The van der Waals surface area contributed by atoms with Crippen molar-refractivity contribution in [1.29, 1.82) is 0 Å². The van der Waals surface area contributed by atoms with Gasteiger partial charge >= 0.3 is 0 Å². The Bertz CT molecular complexity index is 674. The number of aromatic nitrogens is 1. The average Bonchev–Trinajstić information content (AvgIpc) is 2.90. The monoisotopic (exact) mass is 239 g/mol. The number of aliphatic hydroxyl groups excluding tert-OH is 1. The number of furan rings is 1. The third-order valence-electron chi connectivity index (χ3n) is 2.98. The van der Waals surface area contributed by atoms with E-state index < -0.39 is 6.10 Å². The van der Waals surface area contributed by atoms with Crippen LogP contribution in [0.25, 0.3) is 10.9 Å². The van der Waals surface area contributed by atoms with Crippen LogP contribution in [-0.2, 0) is 0 Å². The van der Waals surface area contributed by atoms with Crippen molar-refractivity contribution in [3.05, 3.63) is 65.7 Å². The number of hydrogen-bond acceptors (Lipinski definition) is 3. The van der Waals surface area contributed by atoms with Crippen molar-refractivity contribution >= 4 is 10.9 Å². The summed E-state index contributed by atoms with van der Waals surface area (Å²) in [5.74, 6) is 0.547. The number of nitrogens with zero attached hydrogens (tertiary/aromatic N) is 1. The number of benzene rings is 1. The van der Waals surface area contributed by atoms with Gasteiger partial charge in [0.25, 0.3) is 0 Å². The standard InChI is InChI=1S/C15H13NO2/c1-10-9-12(15(17)14-7-4-8-18-14)11-5-2-3-6-13(11)16-10/h2-9,15,17H,1H3. The van der Waals surface area contributed by atoms with Gasteiger partial charge in [-0.3, -0.25) is 4.98 Å². The van der Waals surface area contributed by atoms with Crippen molar-refractivity contribution < 1.29 is 9.52 Å². The molecule has 1 unspecified atom stereocenters. The van der Waals surface area contributed by atoms with Crippen molar-refractivity contribution in [2.24, 2.45) is 0 Å². The Labute approximate surface area is 105 Å². The predicted molar refractivity (Wildman–Crippen MR) is 69.2 cm³/mol. The van der Waals surface area contributed by atoms with Gasteiger partial charge in [-0.15, -0.1) is 0 Å². The molecular formula is C15H13NO2. The van der Waals surface area contributed by atoms with Gasteiger partial charge in [0.15, 0.2) is 0 Å². The lowest BCUT2D eigenvalue weighted by Gasteiger charge is -2.12. The highest BCUT2D eigenvalue weighted by Gasteiger charge is 2.16. The zero-order chi connectivity index (χ0) is 12.5. The van der Waals surface area contributed by atoms with Crippen LogP contribution >= 0.6 is 0 Å². The maximum atomic E-state index is 10.4. The van der Waals surface area contributed by atoms with Gasteiger partial charge < -0.3 is 9.52 Å². The fourth-order valence-corrected chi connectivity index (χ4v) is 2.17. The Hall–Kier alpha value is -2.13. The third-order valence-corrected chi connectivity index (χ3v) is 2.98. The van der Waals surface area contributed by atoms with Crippen molar-refractivity contribution in [1.82, 2.24) is 4.98 Å². The van der Waals surface area contributed by atoms with Crippen molar-refractivity contribution in [2.75, 3.05) is 0 Å². The zero-order valence-corrected chi connectivity index (χ0v) is 10.00. The van der Waals surface area contributed by atoms with E-state index in [9.17, 15) is 5.11 Å². The molecule has 3 heteroatoms. The van der Waals surface area contributed by atoms with E-state index in [1.807, 2.05) is 37.3 Å². The molecule has 1 N–H and O–H groups in total. The van der Waals surface area contributed by atoms with Crippen LogP contribution in [0, 0.1) is 6.92 Å². The minimum Gasteiger partial charge on any atom is -0.466 e. The lowest BCUT2D eigenvalue weighted by molar-refractivity contribution is 0.190. The van der Waals surface area contributed by atoms with E-state index in [0.717, 1.165) is 22.2 Å². The second kappa shape index (κ2) is 4.27. The molecule has 18 heavy (non-hydrogen) atoms. The molecule has 90 valence electrons. The van der Waals surface area contributed by atoms with Crippen LogP contribution in [0.4, 0.5) is 0 Å². The van der Waals surface area contributed by atoms with Gasteiger partial charge in [-0.25, -0.2) is 0 Å². The summed E-state index contributed by atoms with van der Waals surface area (Å²) in [6, 6.07) is 13.2. The SMILES string of the molecule is Cc1cc(C(O)c2ccco2)c2ccccc2n1. The van der Waals surface area contributed by atoms with Crippen LogP contribution in [0.1, 0.15) is 23.1 Å². The van der Waals surface area contributed by atoms with Gasteiger partial charge in [0.2, 0.25) is 0 Å². The number of pyridine rings is 1. The number of aryl methyl sites for hydroxylation is 1. The van der Waals surface area contributed by atoms with Crippen LogP contribution in [0.2, 0.25) is 0 Å². The lowest BCUT2D eigenvalue weighted by Crippen LogP contribution is -2.01. The molecule has 0 aliphatic rings. The summed E-state index contributed by atoms with van der Waals surface area (Å²) >= 11 is 0. The molecule has 0 bridgehead atoms. The van der Waals surface area contributed by atoms with E-state index in [0.29, 0.717) is 5.76 Å². The molecule has 0 saturated heterocycles. The Morgan fingerprint density at radius 2 is 2.00 bits per heavy atom. The summed E-state index contributed by atoms with van der Waals surface area (Å²) in [5, 5.41) is 11.3. The Balaban J connectivity index is 2.22. The molecule has 0 aliphatic heterocycles. The number of para-hydroxylation sites is 1. The highest BCUT2D eigenvalue weighted by atomic mass is 16.4. The number of fused-ring (bicyclic) bond motifs is 1. The first kappa shape index (κ1) is 11.0. The van der Waals surface area contributed by atoms with Gasteiger partial charge in [0, 0.05) is 11.1 Å². The first-order valence-electron chi connectivity index (χ1n) is 5.83. The minimum absolute atomic E-state index is 0.547. The molecule has 1 aromatic carbocycles. The molecule has 3 nitrogen and oxygen atoms in total. The molecule has 3 rings (SSSR count). The van der Waals surface area contributed by atoms with Gasteiger partial charge in [-0.05, 0) is 36.8 Å². The summed E-state index contributed by atoms with van der Waals surface area (Å²) in [6.45, 7) is 1.92. The van der Waals surface area contributed by atoms with Gasteiger partial charge in [0.1, 0.15) is 11.9 Å². The number of hydrogen-bond donors (Lipinski definition) is 1. The molecular weight excluding hydrogens is 226 g/mol. The van der Waals surface area contributed by atoms with Crippen LogP contribution < -0.4 is 0 Å². The Morgan fingerprint density at radius 1 is 1.17 bits per heavy atom. The summed E-state index contributed by atoms with van der Waals surface area (Å²) in [6.07, 6.45) is 0.806. The molecule has 3 aromatic rings. The quantitative estimate of drug-likeness (QED) is 0.746.